The zero-order chi connectivity index (χ0) is 14.7. The second kappa shape index (κ2) is 6.50. The Morgan fingerprint density at radius 3 is 2.42 bits per heavy atom. The highest BCUT2D eigenvalue weighted by Crippen LogP contribution is 2.36. The lowest BCUT2D eigenvalue weighted by Crippen LogP contribution is -2.46. The zero-order valence-electron chi connectivity index (χ0n) is 13.0. The molecule has 0 aliphatic carbocycles. The number of aliphatic hydroxyl groups is 1. The summed E-state index contributed by atoms with van der Waals surface area (Å²) in [5, 5.41) is 10.1. The first kappa shape index (κ1) is 16.9. The summed E-state index contributed by atoms with van der Waals surface area (Å²) in [5.74, 6) is 0. The molecule has 0 bridgehead atoms. The minimum absolute atomic E-state index is 0.155. The first-order chi connectivity index (χ1) is 8.67. The van der Waals surface area contributed by atoms with Crippen molar-refractivity contribution in [2.45, 2.75) is 64.3 Å². The third-order valence-electron chi connectivity index (χ3n) is 3.90. The molecular weight excluding hydrogens is 260 g/mol. The maximum atomic E-state index is 9.92. The number of ether oxygens (including phenoxy) is 2. The van der Waals surface area contributed by atoms with Crippen molar-refractivity contribution in [3.8, 4) is 0 Å². The van der Waals surface area contributed by atoms with Crippen molar-refractivity contribution in [1.29, 1.82) is 0 Å². The summed E-state index contributed by atoms with van der Waals surface area (Å²) in [6.07, 6.45) is 2.12. The summed E-state index contributed by atoms with van der Waals surface area (Å²) in [6.45, 7) is 13.9. The molecule has 0 unspecified atom stereocenters. The molecule has 0 amide bonds. The summed E-state index contributed by atoms with van der Waals surface area (Å²) in [7, 11) is -1.82. The molecule has 3 atom stereocenters. The van der Waals surface area contributed by atoms with Crippen molar-refractivity contribution < 1.29 is 19.0 Å². The van der Waals surface area contributed by atoms with E-state index in [0.717, 1.165) is 0 Å². The summed E-state index contributed by atoms with van der Waals surface area (Å²) in [5.41, 5.74) is 0. The Bertz CT molecular complexity index is 309. The van der Waals surface area contributed by atoms with Gasteiger partial charge in [-0.05, 0) is 31.1 Å². The minimum atomic E-state index is -1.82. The minimum Gasteiger partial charge on any atom is -0.414 e. The van der Waals surface area contributed by atoms with E-state index in [2.05, 4.69) is 33.9 Å². The summed E-state index contributed by atoms with van der Waals surface area (Å²) < 4.78 is 17.2. The zero-order valence-corrected chi connectivity index (χ0v) is 14.0. The van der Waals surface area contributed by atoms with Crippen LogP contribution in [0.4, 0.5) is 0 Å². The highest BCUT2D eigenvalue weighted by atomic mass is 28.4. The van der Waals surface area contributed by atoms with Gasteiger partial charge in [-0.25, -0.2) is 0 Å². The largest absolute Gasteiger partial charge is 0.414 e. The molecular formula is C14H28O4Si. The van der Waals surface area contributed by atoms with Gasteiger partial charge in [-0.1, -0.05) is 26.8 Å². The van der Waals surface area contributed by atoms with Gasteiger partial charge in [0.1, 0.15) is 12.2 Å². The van der Waals surface area contributed by atoms with E-state index in [0.29, 0.717) is 13.2 Å². The maximum Gasteiger partial charge on any atom is 0.192 e. The van der Waals surface area contributed by atoms with Gasteiger partial charge in [0.2, 0.25) is 0 Å². The monoisotopic (exact) mass is 288 g/mol. The molecule has 1 heterocycles. The molecule has 0 aromatic carbocycles. The molecule has 0 saturated heterocycles. The van der Waals surface area contributed by atoms with Crippen LogP contribution in [-0.4, -0.2) is 45.1 Å². The van der Waals surface area contributed by atoms with Gasteiger partial charge in [0.05, 0.1) is 6.61 Å². The SMILES string of the molecule is CCO[C@@H]1C=C[C@H](O)[C@@H](CO[Si](C)(C)C(C)(C)C)O1. The van der Waals surface area contributed by atoms with Crippen molar-refractivity contribution in [1.82, 2.24) is 0 Å². The molecule has 1 aliphatic rings. The van der Waals surface area contributed by atoms with Gasteiger partial charge < -0.3 is 19.0 Å². The van der Waals surface area contributed by atoms with Crippen LogP contribution in [0.25, 0.3) is 0 Å². The number of hydrogen-bond acceptors (Lipinski definition) is 4. The fourth-order valence-electron chi connectivity index (χ4n) is 1.53. The Morgan fingerprint density at radius 2 is 1.89 bits per heavy atom. The Hall–Kier alpha value is -0.203. The molecule has 0 spiro atoms. The van der Waals surface area contributed by atoms with Crippen LogP contribution in [-0.2, 0) is 13.9 Å². The lowest BCUT2D eigenvalue weighted by atomic mass is 10.1. The van der Waals surface area contributed by atoms with E-state index in [9.17, 15) is 5.11 Å². The van der Waals surface area contributed by atoms with Crippen molar-refractivity contribution in [3.05, 3.63) is 12.2 Å². The standard InChI is InChI=1S/C14H28O4Si/c1-7-16-13-9-8-11(15)12(18-13)10-17-19(5,6)14(2,3)4/h8-9,11-13,15H,7,10H2,1-6H3/t11-,12+,13-/m0/s1. The molecule has 0 saturated carbocycles. The summed E-state index contributed by atoms with van der Waals surface area (Å²) in [6, 6.07) is 0. The normalized spacial score (nSPS) is 28.7. The molecule has 19 heavy (non-hydrogen) atoms. The van der Waals surface area contributed by atoms with Gasteiger partial charge in [-0.3, -0.25) is 0 Å². The topological polar surface area (TPSA) is 47.9 Å². The Kier molecular flexibility index (Phi) is 5.76. The van der Waals surface area contributed by atoms with Crippen LogP contribution in [0.15, 0.2) is 12.2 Å². The first-order valence-corrected chi connectivity index (χ1v) is 9.85. The average molecular weight is 288 g/mol. The van der Waals surface area contributed by atoms with Crippen LogP contribution >= 0.6 is 0 Å². The lowest BCUT2D eigenvalue weighted by Gasteiger charge is -2.38. The van der Waals surface area contributed by atoms with Gasteiger partial charge >= 0.3 is 0 Å². The fraction of sp³-hybridized carbons (Fsp3) is 0.857. The van der Waals surface area contributed by atoms with Crippen molar-refractivity contribution >= 4 is 8.32 Å². The highest BCUT2D eigenvalue weighted by molar-refractivity contribution is 6.74. The van der Waals surface area contributed by atoms with Gasteiger partial charge in [0.25, 0.3) is 0 Å². The summed E-state index contributed by atoms with van der Waals surface area (Å²) in [4.78, 5) is 0. The molecule has 1 aliphatic heterocycles. The second-order valence-electron chi connectivity index (χ2n) is 6.45. The summed E-state index contributed by atoms with van der Waals surface area (Å²) >= 11 is 0. The molecule has 0 aromatic heterocycles. The Labute approximate surface area is 117 Å². The van der Waals surface area contributed by atoms with E-state index in [1.807, 2.05) is 6.92 Å². The second-order valence-corrected chi connectivity index (χ2v) is 11.3. The van der Waals surface area contributed by atoms with Gasteiger partial charge in [-0.2, -0.15) is 0 Å². The lowest BCUT2D eigenvalue weighted by molar-refractivity contribution is -0.176. The van der Waals surface area contributed by atoms with E-state index in [1.54, 1.807) is 12.2 Å². The molecule has 1 rings (SSSR count). The van der Waals surface area contributed by atoms with E-state index in [-0.39, 0.29) is 17.4 Å². The number of hydrogen-bond donors (Lipinski definition) is 1. The van der Waals surface area contributed by atoms with E-state index in [1.165, 1.54) is 0 Å². The first-order valence-electron chi connectivity index (χ1n) is 6.95. The van der Waals surface area contributed by atoms with Gasteiger partial charge in [-0.15, -0.1) is 0 Å². The van der Waals surface area contributed by atoms with Crippen molar-refractivity contribution in [2.24, 2.45) is 0 Å². The van der Waals surface area contributed by atoms with E-state index in [4.69, 9.17) is 13.9 Å². The maximum absolute atomic E-state index is 9.92. The van der Waals surface area contributed by atoms with Crippen molar-refractivity contribution in [2.75, 3.05) is 13.2 Å². The van der Waals surface area contributed by atoms with E-state index >= 15 is 0 Å². The molecule has 0 fully saturated rings. The quantitative estimate of drug-likeness (QED) is 0.624. The third-order valence-corrected chi connectivity index (χ3v) is 8.40. The number of rotatable bonds is 5. The Morgan fingerprint density at radius 1 is 1.26 bits per heavy atom. The smallest absolute Gasteiger partial charge is 0.192 e. The van der Waals surface area contributed by atoms with Crippen LogP contribution in [0.2, 0.25) is 18.1 Å². The van der Waals surface area contributed by atoms with Crippen LogP contribution in [0, 0.1) is 0 Å². The highest BCUT2D eigenvalue weighted by Gasteiger charge is 2.38. The Balaban J connectivity index is 2.55. The predicted molar refractivity (Wildman–Crippen MR) is 78.6 cm³/mol. The van der Waals surface area contributed by atoms with Crippen LogP contribution in [0.3, 0.4) is 0 Å². The molecule has 4 nitrogen and oxygen atoms in total. The van der Waals surface area contributed by atoms with Gasteiger partial charge in [0.15, 0.2) is 14.6 Å². The molecule has 112 valence electrons. The molecule has 1 N–H and O–H groups in total. The molecule has 5 heteroatoms. The van der Waals surface area contributed by atoms with Crippen LogP contribution < -0.4 is 0 Å². The predicted octanol–water partition coefficient (Wildman–Crippen LogP) is 2.69. The van der Waals surface area contributed by atoms with Crippen LogP contribution in [0.5, 0.6) is 0 Å². The average Bonchev–Trinajstić information content (AvgIpc) is 2.29. The third kappa shape index (κ3) is 4.68. The van der Waals surface area contributed by atoms with E-state index < -0.39 is 14.4 Å². The molecule has 0 aromatic rings. The van der Waals surface area contributed by atoms with Gasteiger partial charge in [0, 0.05) is 6.61 Å². The molecule has 0 radical (unpaired) electrons. The van der Waals surface area contributed by atoms with Crippen molar-refractivity contribution in [3.63, 3.8) is 0 Å². The van der Waals surface area contributed by atoms with Crippen LogP contribution in [0.1, 0.15) is 27.7 Å². The fourth-order valence-corrected chi connectivity index (χ4v) is 2.54. The number of aliphatic hydroxyl groups excluding tert-OH is 1.